The van der Waals surface area contributed by atoms with Gasteiger partial charge in [-0.25, -0.2) is 24.9 Å². The normalized spacial score (nSPS) is 13.3. The van der Waals surface area contributed by atoms with E-state index in [9.17, 15) is 0 Å². The van der Waals surface area contributed by atoms with Gasteiger partial charge in [-0.15, -0.1) is 0 Å². The highest BCUT2D eigenvalue weighted by atomic mass is 15.0. The van der Waals surface area contributed by atoms with Crippen molar-refractivity contribution >= 4 is 64.6 Å². The fourth-order valence-corrected chi connectivity index (χ4v) is 20.8. The number of nitrogens with zero attached hydrogens (tertiary/aromatic N) is 7. The van der Waals surface area contributed by atoms with E-state index in [2.05, 4.69) is 412 Å². The minimum absolute atomic E-state index is 0.0658. The smallest absolute Gasteiger partial charge is 0.163 e. The average molecular weight is 1570 g/mol. The third kappa shape index (κ3) is 12.0. The van der Waals surface area contributed by atoms with Crippen LogP contribution in [0, 0.1) is 0 Å². The molecule has 123 heavy (non-hydrogen) atoms. The van der Waals surface area contributed by atoms with E-state index in [0.717, 1.165) is 38.9 Å². The lowest BCUT2D eigenvalue weighted by Crippen LogP contribution is -2.14. The molecule has 7 heteroatoms. The van der Waals surface area contributed by atoms with Crippen molar-refractivity contribution in [2.45, 2.75) is 57.8 Å². The first-order valence-electron chi connectivity index (χ1n) is 42.4. The Labute approximate surface area is 715 Å². The van der Waals surface area contributed by atoms with Gasteiger partial charge in [0.05, 0.1) is 17.6 Å². The van der Waals surface area contributed by atoms with Crippen molar-refractivity contribution in [3.05, 3.63) is 429 Å². The topological polar surface area (TPSA) is 90.2 Å². The van der Waals surface area contributed by atoms with Gasteiger partial charge in [0.15, 0.2) is 5.82 Å². The van der Waals surface area contributed by atoms with Crippen LogP contribution < -0.4 is 0 Å². The first-order chi connectivity index (χ1) is 60.4. The second kappa shape index (κ2) is 29.6. The average Bonchev–Trinajstić information content (AvgIpc) is 1.64. The zero-order valence-electron chi connectivity index (χ0n) is 69.2. The first kappa shape index (κ1) is 74.0. The predicted molar refractivity (Wildman–Crippen MR) is 511 cm³/mol. The molecule has 3 aliphatic rings. The summed E-state index contributed by atoms with van der Waals surface area (Å²) in [5.74, 6) is 0.685. The SMILES string of the molecule is CC1(C)c2ccccc2-c2c(-c3c4ccccc4c(-c4ccncn4)c4ccc(-c5ccccc5)cc34)cccc21.CC1(C)c2ccccc2-c2c(-c3c4ccccc4c(-c4cnccn4)c4ccc(-c5ccccc5)cc34)cccc21.CC1(C)c2ccccc2-c2c(-c3c4ccccc4c(-c4ncncn4)c4ccc(-c5ccccc5)cc34)cccc21. The van der Waals surface area contributed by atoms with Crippen molar-refractivity contribution in [1.82, 2.24) is 34.9 Å². The van der Waals surface area contributed by atoms with Crippen LogP contribution in [-0.4, -0.2) is 34.9 Å². The highest BCUT2D eigenvalue weighted by Crippen LogP contribution is 2.59. The molecule has 24 rings (SSSR count). The van der Waals surface area contributed by atoms with Gasteiger partial charge in [-0.2, -0.15) is 0 Å². The van der Waals surface area contributed by atoms with Gasteiger partial charge in [0.1, 0.15) is 19.0 Å². The zero-order chi connectivity index (χ0) is 82.7. The number of rotatable bonds is 9. The Kier molecular flexibility index (Phi) is 17.8. The molecule has 0 amide bonds. The molecule has 3 heterocycles. The van der Waals surface area contributed by atoms with E-state index in [-0.39, 0.29) is 16.2 Å². The van der Waals surface area contributed by atoms with Crippen LogP contribution >= 0.6 is 0 Å². The molecule has 0 fully saturated rings. The second-order valence-corrected chi connectivity index (χ2v) is 34.1. The lowest BCUT2D eigenvalue weighted by Gasteiger charge is -2.22. The number of aromatic nitrogens is 7. The van der Waals surface area contributed by atoms with E-state index < -0.39 is 0 Å². The molecule has 0 saturated heterocycles. The summed E-state index contributed by atoms with van der Waals surface area (Å²) in [4.78, 5) is 31.5. The number of benzene rings is 18. The fraction of sp³-hybridized carbons (Fsp3) is 0.0776. The van der Waals surface area contributed by atoms with Crippen LogP contribution in [0.3, 0.4) is 0 Å². The summed E-state index contributed by atoms with van der Waals surface area (Å²) in [6.07, 6.45) is 12.0. The van der Waals surface area contributed by atoms with Gasteiger partial charge in [0, 0.05) is 51.5 Å². The summed E-state index contributed by atoms with van der Waals surface area (Å²) in [5, 5.41) is 14.3. The summed E-state index contributed by atoms with van der Waals surface area (Å²) in [6.45, 7) is 14.1. The van der Waals surface area contributed by atoms with Gasteiger partial charge >= 0.3 is 0 Å². The van der Waals surface area contributed by atoms with Gasteiger partial charge in [-0.3, -0.25) is 9.97 Å². The summed E-state index contributed by atoms with van der Waals surface area (Å²) >= 11 is 0. The van der Waals surface area contributed by atoms with Crippen LogP contribution in [0.4, 0.5) is 0 Å². The third-order valence-corrected chi connectivity index (χ3v) is 26.4. The molecule has 0 N–H and O–H groups in total. The molecule has 0 unspecified atom stereocenters. The third-order valence-electron chi connectivity index (χ3n) is 26.4. The van der Waals surface area contributed by atoms with Crippen LogP contribution in [0.1, 0.15) is 74.9 Å². The van der Waals surface area contributed by atoms with Crippen LogP contribution in [0.5, 0.6) is 0 Å². The zero-order valence-corrected chi connectivity index (χ0v) is 69.2. The van der Waals surface area contributed by atoms with E-state index in [0.29, 0.717) is 5.82 Å². The Morgan fingerprint density at radius 3 is 0.854 bits per heavy atom. The molecule has 0 spiro atoms. The molecule has 3 aliphatic carbocycles. The van der Waals surface area contributed by atoms with Crippen LogP contribution in [0.25, 0.3) is 199 Å². The van der Waals surface area contributed by atoms with E-state index in [4.69, 9.17) is 9.97 Å². The van der Waals surface area contributed by atoms with Crippen molar-refractivity contribution in [1.29, 1.82) is 0 Å². The largest absolute Gasteiger partial charge is 0.261 e. The summed E-state index contributed by atoms with van der Waals surface area (Å²) in [7, 11) is 0. The lowest BCUT2D eigenvalue weighted by atomic mass is 9.80. The van der Waals surface area contributed by atoms with Crippen molar-refractivity contribution in [2.24, 2.45) is 0 Å². The molecule has 0 radical (unpaired) electrons. The number of hydrogen-bond donors (Lipinski definition) is 0. The molecule has 582 valence electrons. The molecular formula is C116H83N7. The fourth-order valence-electron chi connectivity index (χ4n) is 20.8. The molecule has 0 saturated carbocycles. The highest BCUT2D eigenvalue weighted by Gasteiger charge is 2.41. The molecule has 3 aromatic heterocycles. The van der Waals surface area contributed by atoms with E-state index in [1.807, 2.05) is 18.5 Å². The maximum Gasteiger partial charge on any atom is 0.163 e. The lowest BCUT2D eigenvalue weighted by molar-refractivity contribution is 0.660. The molecule has 18 aromatic carbocycles. The van der Waals surface area contributed by atoms with Gasteiger partial charge in [0.2, 0.25) is 0 Å². The Balaban J connectivity index is 0.000000110. The quantitative estimate of drug-likeness (QED) is 0.133. The summed E-state index contributed by atoms with van der Waals surface area (Å²) in [5.41, 5.74) is 36.0. The van der Waals surface area contributed by atoms with Crippen molar-refractivity contribution in [3.8, 4) is 134 Å². The van der Waals surface area contributed by atoms with Gasteiger partial charge < -0.3 is 0 Å². The maximum atomic E-state index is 4.78. The summed E-state index contributed by atoms with van der Waals surface area (Å²) in [6, 6.07) is 128. The molecule has 21 aromatic rings. The van der Waals surface area contributed by atoms with Crippen molar-refractivity contribution in [2.75, 3.05) is 0 Å². The molecule has 0 aliphatic heterocycles. The van der Waals surface area contributed by atoms with Crippen molar-refractivity contribution in [3.63, 3.8) is 0 Å². The number of hydrogen-bond acceptors (Lipinski definition) is 7. The van der Waals surface area contributed by atoms with Gasteiger partial charge in [-0.05, 0) is 222 Å². The second-order valence-electron chi connectivity index (χ2n) is 34.1. The monoisotopic (exact) mass is 1570 g/mol. The highest BCUT2D eigenvalue weighted by molar-refractivity contribution is 6.26. The Morgan fingerprint density at radius 2 is 0.488 bits per heavy atom. The van der Waals surface area contributed by atoms with Crippen molar-refractivity contribution < 1.29 is 0 Å². The van der Waals surface area contributed by atoms with Crippen LogP contribution in [0.2, 0.25) is 0 Å². The van der Waals surface area contributed by atoms with E-state index in [1.54, 1.807) is 31.4 Å². The molecule has 0 atom stereocenters. The standard InChI is InChI=1S/2C39H28N2.C38H27N3/c1-39(2)33-17-9-8-15-30(33)37-31(16-10-18-34(37)39)36-27-13-6-7-14-28(27)38(35-24-40-21-22-41-35)29-20-19-26(23-32(29)36)25-11-4-3-5-12-25;1-39(2)33-17-9-8-15-30(33)37-31(16-10-18-34(37)39)36-27-13-6-7-14-28(27)38(35-21-22-40-24-41-35)29-20-19-26(23-32(29)36)25-11-4-3-5-12-25;1-38(2)32-17-9-8-15-29(32)35-30(16-10-18-33(35)38)34-26-13-6-7-14-27(26)36(37-40-22-39-23-41-37)28-20-19-25(21-31(28)34)24-11-4-3-5-12-24/h2*3-24H,1-2H3;3-23H,1-2H3. The Hall–Kier alpha value is -15.3. The predicted octanol–water partition coefficient (Wildman–Crippen LogP) is 29.7. The maximum absolute atomic E-state index is 4.78. The van der Waals surface area contributed by atoms with Gasteiger partial charge in [0.25, 0.3) is 0 Å². The molecular weight excluding hydrogens is 1490 g/mol. The molecule has 0 bridgehead atoms. The van der Waals surface area contributed by atoms with Gasteiger partial charge in [-0.1, -0.05) is 369 Å². The Morgan fingerprint density at radius 1 is 0.179 bits per heavy atom. The molecule has 7 nitrogen and oxygen atoms in total. The van der Waals surface area contributed by atoms with E-state index in [1.165, 1.54) is 187 Å². The van der Waals surface area contributed by atoms with Crippen LogP contribution in [0.15, 0.2) is 396 Å². The number of fused-ring (bicyclic) bond motifs is 15. The van der Waals surface area contributed by atoms with Crippen LogP contribution in [-0.2, 0) is 16.2 Å². The Bertz CT molecular complexity index is 7060. The minimum atomic E-state index is -0.0758. The first-order valence-corrected chi connectivity index (χ1v) is 42.4. The van der Waals surface area contributed by atoms with E-state index >= 15 is 0 Å². The summed E-state index contributed by atoms with van der Waals surface area (Å²) < 4.78 is 0. The minimum Gasteiger partial charge on any atom is -0.261 e.